The molecule has 1 aromatic rings. The van der Waals surface area contributed by atoms with E-state index in [2.05, 4.69) is 10.00 Å². The van der Waals surface area contributed by atoms with Gasteiger partial charge in [-0.15, -0.1) is 0 Å². The highest BCUT2D eigenvalue weighted by atomic mass is 16.5. The molecule has 0 bridgehead atoms. The molecule has 0 N–H and O–H groups in total. The largest absolute Gasteiger partial charge is 0.383 e. The van der Waals surface area contributed by atoms with Gasteiger partial charge in [0.2, 0.25) is 0 Å². The van der Waals surface area contributed by atoms with Crippen LogP contribution < -0.4 is 4.90 Å². The van der Waals surface area contributed by atoms with Crippen molar-refractivity contribution in [2.75, 3.05) is 45.4 Å². The minimum atomic E-state index is 0.590. The van der Waals surface area contributed by atoms with Crippen LogP contribution in [-0.4, -0.2) is 56.6 Å². The Kier molecular flexibility index (Phi) is 5.80. The Morgan fingerprint density at radius 3 is 2.28 bits per heavy atom. The van der Waals surface area contributed by atoms with Crippen LogP contribution in [0.1, 0.15) is 16.1 Å². The second-order valence-corrected chi connectivity index (χ2v) is 4.04. The Morgan fingerprint density at radius 2 is 1.83 bits per heavy atom. The molecule has 1 aromatic heterocycles. The second-order valence-electron chi connectivity index (χ2n) is 4.04. The lowest BCUT2D eigenvalue weighted by Gasteiger charge is -2.24. The highest BCUT2D eigenvalue weighted by molar-refractivity contribution is 5.84. The summed E-state index contributed by atoms with van der Waals surface area (Å²) in [5.41, 5.74) is 1.37. The summed E-state index contributed by atoms with van der Waals surface area (Å²) in [6.45, 7) is 4.40. The van der Waals surface area contributed by atoms with E-state index in [1.165, 1.54) is 0 Å². The van der Waals surface area contributed by atoms with E-state index in [1.54, 1.807) is 18.9 Å². The zero-order chi connectivity index (χ0) is 13.5. The number of aldehydes is 1. The van der Waals surface area contributed by atoms with Gasteiger partial charge in [-0.05, 0) is 6.92 Å². The van der Waals surface area contributed by atoms with E-state index in [0.29, 0.717) is 31.9 Å². The van der Waals surface area contributed by atoms with E-state index < -0.39 is 0 Å². The first-order valence-electron chi connectivity index (χ1n) is 5.87. The third-order valence-corrected chi connectivity index (χ3v) is 2.79. The average Bonchev–Trinajstić information content (AvgIpc) is 2.64. The fourth-order valence-corrected chi connectivity index (χ4v) is 1.90. The quantitative estimate of drug-likeness (QED) is 0.638. The van der Waals surface area contributed by atoms with Crippen molar-refractivity contribution in [1.29, 1.82) is 0 Å². The molecule has 0 aliphatic carbocycles. The van der Waals surface area contributed by atoms with E-state index >= 15 is 0 Å². The number of rotatable bonds is 8. The normalized spacial score (nSPS) is 10.7. The number of methoxy groups -OCH3 is 2. The predicted octanol–water partition coefficient (Wildman–Crippen LogP) is 0.640. The maximum Gasteiger partial charge on any atom is 0.155 e. The molecule has 102 valence electrons. The van der Waals surface area contributed by atoms with Crippen molar-refractivity contribution in [3.05, 3.63) is 11.3 Å². The first-order chi connectivity index (χ1) is 8.65. The van der Waals surface area contributed by atoms with Gasteiger partial charge in [0, 0.05) is 34.4 Å². The van der Waals surface area contributed by atoms with Gasteiger partial charge >= 0.3 is 0 Å². The topological polar surface area (TPSA) is 56.6 Å². The molecule has 1 heterocycles. The van der Waals surface area contributed by atoms with Crippen LogP contribution in [0.4, 0.5) is 5.82 Å². The van der Waals surface area contributed by atoms with E-state index in [9.17, 15) is 4.79 Å². The Balaban J connectivity index is 2.98. The van der Waals surface area contributed by atoms with Crippen LogP contribution in [0, 0.1) is 6.92 Å². The number of hydrogen-bond acceptors (Lipinski definition) is 5. The molecule has 0 aliphatic rings. The molecule has 18 heavy (non-hydrogen) atoms. The number of carbonyl (C=O) groups excluding carboxylic acids is 1. The minimum Gasteiger partial charge on any atom is -0.383 e. The maximum absolute atomic E-state index is 11.2. The molecular weight excluding hydrogens is 234 g/mol. The highest BCUT2D eigenvalue weighted by Gasteiger charge is 2.18. The summed E-state index contributed by atoms with van der Waals surface area (Å²) < 4.78 is 11.9. The van der Waals surface area contributed by atoms with Crippen molar-refractivity contribution in [2.45, 2.75) is 6.92 Å². The SMILES string of the molecule is COCCN(CCOC)c1c(C=O)c(C)nn1C. The van der Waals surface area contributed by atoms with Gasteiger partial charge in [0.25, 0.3) is 0 Å². The van der Waals surface area contributed by atoms with E-state index in [0.717, 1.165) is 17.8 Å². The van der Waals surface area contributed by atoms with E-state index in [4.69, 9.17) is 9.47 Å². The third kappa shape index (κ3) is 3.30. The molecule has 0 amide bonds. The molecule has 1 rings (SSSR count). The van der Waals surface area contributed by atoms with Crippen molar-refractivity contribution in [1.82, 2.24) is 9.78 Å². The number of ether oxygens (including phenoxy) is 2. The molecule has 0 aromatic carbocycles. The van der Waals surface area contributed by atoms with Gasteiger partial charge in [-0.2, -0.15) is 5.10 Å². The lowest BCUT2D eigenvalue weighted by atomic mass is 10.2. The van der Waals surface area contributed by atoms with Gasteiger partial charge in [0.15, 0.2) is 6.29 Å². The highest BCUT2D eigenvalue weighted by Crippen LogP contribution is 2.21. The molecular formula is C12H21N3O3. The summed E-state index contributed by atoms with van der Waals surface area (Å²) in [4.78, 5) is 13.2. The van der Waals surface area contributed by atoms with Crippen molar-refractivity contribution in [2.24, 2.45) is 7.05 Å². The molecule has 0 fully saturated rings. The van der Waals surface area contributed by atoms with E-state index in [-0.39, 0.29) is 0 Å². The number of nitrogens with zero attached hydrogens (tertiary/aromatic N) is 3. The third-order valence-electron chi connectivity index (χ3n) is 2.79. The molecule has 0 atom stereocenters. The molecule has 0 unspecified atom stereocenters. The van der Waals surface area contributed by atoms with Crippen LogP contribution in [0.5, 0.6) is 0 Å². The monoisotopic (exact) mass is 255 g/mol. The van der Waals surface area contributed by atoms with Crippen LogP contribution in [0.25, 0.3) is 0 Å². The zero-order valence-electron chi connectivity index (χ0n) is 11.5. The molecule has 6 nitrogen and oxygen atoms in total. The number of carbonyl (C=O) groups is 1. The fourth-order valence-electron chi connectivity index (χ4n) is 1.90. The van der Waals surface area contributed by atoms with Crippen molar-refractivity contribution >= 4 is 12.1 Å². The molecule has 0 aliphatic heterocycles. The summed E-state index contributed by atoms with van der Waals surface area (Å²) in [6.07, 6.45) is 0.851. The molecule has 6 heteroatoms. The lowest BCUT2D eigenvalue weighted by molar-refractivity contribution is 0.112. The van der Waals surface area contributed by atoms with Crippen molar-refractivity contribution in [3.63, 3.8) is 0 Å². The van der Waals surface area contributed by atoms with Crippen LogP contribution >= 0.6 is 0 Å². The summed E-state index contributed by atoms with van der Waals surface area (Å²) in [7, 11) is 5.15. The van der Waals surface area contributed by atoms with Gasteiger partial charge in [0.1, 0.15) is 5.82 Å². The first-order valence-corrected chi connectivity index (χ1v) is 5.87. The predicted molar refractivity (Wildman–Crippen MR) is 69.3 cm³/mol. The first kappa shape index (κ1) is 14.7. The van der Waals surface area contributed by atoms with Crippen LogP contribution in [0.3, 0.4) is 0 Å². The number of hydrogen-bond donors (Lipinski definition) is 0. The maximum atomic E-state index is 11.2. The molecule has 0 radical (unpaired) electrons. The van der Waals surface area contributed by atoms with Crippen molar-refractivity contribution < 1.29 is 14.3 Å². The Morgan fingerprint density at radius 1 is 1.28 bits per heavy atom. The average molecular weight is 255 g/mol. The summed E-state index contributed by atoms with van der Waals surface area (Å²) in [6, 6.07) is 0. The Hall–Kier alpha value is -1.40. The number of aryl methyl sites for hydroxylation is 2. The van der Waals surface area contributed by atoms with Crippen LogP contribution in [-0.2, 0) is 16.5 Å². The van der Waals surface area contributed by atoms with Crippen molar-refractivity contribution in [3.8, 4) is 0 Å². The van der Waals surface area contributed by atoms with Gasteiger partial charge in [-0.25, -0.2) is 0 Å². The molecule has 0 spiro atoms. The number of aromatic nitrogens is 2. The Labute approximate surface area is 107 Å². The minimum absolute atomic E-state index is 0.590. The fraction of sp³-hybridized carbons (Fsp3) is 0.667. The summed E-state index contributed by atoms with van der Waals surface area (Å²) in [5.74, 6) is 0.816. The molecule has 0 saturated carbocycles. The number of anilines is 1. The van der Waals surface area contributed by atoms with Crippen LogP contribution in [0.2, 0.25) is 0 Å². The standard InChI is InChI=1S/C12H21N3O3/c1-10-11(9-16)12(14(2)13-10)15(5-7-17-3)6-8-18-4/h9H,5-8H2,1-4H3. The van der Waals surface area contributed by atoms with E-state index in [1.807, 2.05) is 14.0 Å². The smallest absolute Gasteiger partial charge is 0.155 e. The van der Waals surface area contributed by atoms with Gasteiger partial charge < -0.3 is 14.4 Å². The summed E-state index contributed by atoms with van der Waals surface area (Å²) in [5, 5.41) is 4.28. The lowest BCUT2D eigenvalue weighted by Crippen LogP contribution is -2.33. The van der Waals surface area contributed by atoms with Gasteiger partial charge in [-0.3, -0.25) is 9.48 Å². The second kappa shape index (κ2) is 7.13. The zero-order valence-corrected chi connectivity index (χ0v) is 11.5. The molecule has 0 saturated heterocycles. The summed E-state index contributed by atoms with van der Waals surface area (Å²) >= 11 is 0. The van der Waals surface area contributed by atoms with Gasteiger partial charge in [-0.1, -0.05) is 0 Å². The Bertz CT molecular complexity index is 382. The van der Waals surface area contributed by atoms with Crippen LogP contribution in [0.15, 0.2) is 0 Å². The van der Waals surface area contributed by atoms with Gasteiger partial charge in [0.05, 0.1) is 24.5 Å².